The number of rotatable bonds is 3. The van der Waals surface area contributed by atoms with E-state index in [1.807, 2.05) is 43.1 Å². The number of hydrogen-bond acceptors (Lipinski definition) is 6. The van der Waals surface area contributed by atoms with Crippen LogP contribution < -0.4 is 10.2 Å². The van der Waals surface area contributed by atoms with Crippen molar-refractivity contribution in [2.75, 3.05) is 30.6 Å². The molecule has 2 aliphatic rings. The third-order valence-electron chi connectivity index (χ3n) is 5.44. The number of sulfone groups is 1. The van der Waals surface area contributed by atoms with E-state index < -0.39 is 9.84 Å². The largest absolute Gasteiger partial charge is 0.363 e. The topological polar surface area (TPSA) is 82.1 Å². The molecule has 0 spiro atoms. The zero-order valence-corrected chi connectivity index (χ0v) is 18.2. The lowest BCUT2D eigenvalue weighted by Gasteiger charge is -2.30. The normalized spacial score (nSPS) is 18.8. The van der Waals surface area contributed by atoms with E-state index in [0.717, 1.165) is 28.5 Å². The number of nitrogens with zero attached hydrogens (tertiary/aromatic N) is 3. The van der Waals surface area contributed by atoms with Gasteiger partial charge in [-0.25, -0.2) is 13.4 Å². The molecule has 0 fully saturated rings. The number of carbonyl (C=O) groups excluding carboxylic acids is 1. The van der Waals surface area contributed by atoms with E-state index >= 15 is 0 Å². The maximum Gasteiger partial charge on any atom is 0.260 e. The van der Waals surface area contributed by atoms with Crippen LogP contribution in [0.1, 0.15) is 22.3 Å². The van der Waals surface area contributed by atoms with E-state index in [-0.39, 0.29) is 17.0 Å². The number of carbonyl (C=O) groups is 1. The first-order valence-electron chi connectivity index (χ1n) is 9.63. The van der Waals surface area contributed by atoms with Crippen LogP contribution in [-0.2, 0) is 9.84 Å². The first kappa shape index (κ1) is 20.2. The van der Waals surface area contributed by atoms with E-state index in [1.165, 1.54) is 6.26 Å². The number of likely N-dealkylation sites (N-methyl/N-ethyl adjacent to an activating group) is 2. The molecule has 0 saturated heterocycles. The van der Waals surface area contributed by atoms with Gasteiger partial charge >= 0.3 is 0 Å². The molecular weight excluding hydrogens is 400 g/mol. The molecule has 1 amide bonds. The number of dihydropyridines is 1. The maximum atomic E-state index is 13.0. The summed E-state index contributed by atoms with van der Waals surface area (Å²) in [6.45, 7) is 1.99. The number of fused-ring (bicyclic) bond motifs is 2. The number of amides is 1. The molecule has 0 saturated carbocycles. The second-order valence-electron chi connectivity index (χ2n) is 7.63. The Kier molecular flexibility index (Phi) is 4.89. The zero-order chi connectivity index (χ0) is 21.6. The molecule has 0 aliphatic carbocycles. The van der Waals surface area contributed by atoms with Crippen molar-refractivity contribution in [3.63, 3.8) is 0 Å². The lowest BCUT2D eigenvalue weighted by molar-refractivity contribution is 0.0844. The van der Waals surface area contributed by atoms with Crippen molar-refractivity contribution < 1.29 is 13.2 Å². The second-order valence-corrected chi connectivity index (χ2v) is 9.64. The monoisotopic (exact) mass is 424 g/mol. The van der Waals surface area contributed by atoms with Crippen molar-refractivity contribution in [1.29, 1.82) is 0 Å². The molecule has 2 aromatic carbocycles. The highest BCUT2D eigenvalue weighted by Crippen LogP contribution is 2.33. The molecule has 1 atom stereocenters. The Morgan fingerprint density at radius 2 is 1.77 bits per heavy atom. The number of amidine groups is 1. The second kappa shape index (κ2) is 7.28. The number of para-hydroxylation sites is 1. The fraction of sp³-hybridized carbons (Fsp3) is 0.273. The van der Waals surface area contributed by atoms with Crippen molar-refractivity contribution in [1.82, 2.24) is 4.90 Å². The summed E-state index contributed by atoms with van der Waals surface area (Å²) in [7, 11) is 0.463. The summed E-state index contributed by atoms with van der Waals surface area (Å²) in [6.07, 6.45) is 3.58. The van der Waals surface area contributed by atoms with E-state index in [0.29, 0.717) is 12.0 Å². The summed E-state index contributed by atoms with van der Waals surface area (Å²) in [5.41, 5.74) is 4.08. The van der Waals surface area contributed by atoms with Crippen LogP contribution in [-0.4, -0.2) is 51.6 Å². The van der Waals surface area contributed by atoms with E-state index in [1.54, 1.807) is 36.2 Å². The quantitative estimate of drug-likeness (QED) is 0.819. The van der Waals surface area contributed by atoms with Crippen LogP contribution in [0, 0.1) is 6.92 Å². The first-order valence-corrected chi connectivity index (χ1v) is 11.5. The van der Waals surface area contributed by atoms with Gasteiger partial charge in [0.1, 0.15) is 6.17 Å². The number of nitrogens with one attached hydrogen (secondary N) is 1. The molecule has 1 N–H and O–H groups in total. The van der Waals surface area contributed by atoms with Crippen molar-refractivity contribution in [3.8, 4) is 0 Å². The Labute approximate surface area is 176 Å². The Hall–Kier alpha value is -3.13. The van der Waals surface area contributed by atoms with Crippen LogP contribution in [0.25, 0.3) is 0 Å². The van der Waals surface area contributed by atoms with Crippen LogP contribution in [0.15, 0.2) is 64.1 Å². The zero-order valence-electron chi connectivity index (χ0n) is 17.4. The molecule has 156 valence electrons. The molecule has 30 heavy (non-hydrogen) atoms. The van der Waals surface area contributed by atoms with Crippen molar-refractivity contribution in [2.45, 2.75) is 24.4 Å². The Bertz CT molecular complexity index is 1180. The molecule has 8 heteroatoms. The standard InChI is InChI=1S/C22H24N4O3S/c1-14-6-5-7-17-20(14)26(3)21-18(25(2)22(17)27)12-13-19(24-21)23-15-8-10-16(11-9-15)30(4,28)29/h5-12,19,23H,13H2,1-4H3. The van der Waals surface area contributed by atoms with Crippen molar-refractivity contribution in [3.05, 3.63) is 65.4 Å². The average Bonchev–Trinajstić information content (AvgIpc) is 2.78. The minimum absolute atomic E-state index is 0.0558. The van der Waals surface area contributed by atoms with Crippen LogP contribution in [0.4, 0.5) is 11.4 Å². The van der Waals surface area contributed by atoms with Crippen LogP contribution >= 0.6 is 0 Å². The van der Waals surface area contributed by atoms with Gasteiger partial charge in [0.25, 0.3) is 5.91 Å². The maximum absolute atomic E-state index is 13.0. The third kappa shape index (κ3) is 3.47. The molecule has 2 aliphatic heterocycles. The molecular formula is C22H24N4O3S. The van der Waals surface area contributed by atoms with Gasteiger partial charge in [-0.05, 0) is 42.8 Å². The summed E-state index contributed by atoms with van der Waals surface area (Å²) in [5, 5.41) is 3.34. The summed E-state index contributed by atoms with van der Waals surface area (Å²) < 4.78 is 23.3. The van der Waals surface area contributed by atoms with E-state index in [9.17, 15) is 13.2 Å². The molecule has 0 radical (unpaired) electrons. The lowest BCUT2D eigenvalue weighted by atomic mass is 10.1. The molecule has 7 nitrogen and oxygen atoms in total. The summed E-state index contributed by atoms with van der Waals surface area (Å²) in [6, 6.07) is 12.4. The van der Waals surface area contributed by atoms with E-state index in [4.69, 9.17) is 4.99 Å². The summed E-state index contributed by atoms with van der Waals surface area (Å²) >= 11 is 0. The van der Waals surface area contributed by atoms with Crippen LogP contribution in [0.3, 0.4) is 0 Å². The van der Waals surface area contributed by atoms with Gasteiger partial charge in [0.05, 0.1) is 21.8 Å². The first-order chi connectivity index (χ1) is 14.2. The lowest BCUT2D eigenvalue weighted by Crippen LogP contribution is -2.38. The van der Waals surface area contributed by atoms with Gasteiger partial charge in [0.2, 0.25) is 0 Å². The summed E-state index contributed by atoms with van der Waals surface area (Å²) in [5.74, 6) is 0.662. The molecule has 0 aromatic heterocycles. The van der Waals surface area contributed by atoms with Crippen molar-refractivity contribution in [2.24, 2.45) is 4.99 Å². The highest BCUT2D eigenvalue weighted by Gasteiger charge is 2.33. The fourth-order valence-electron chi connectivity index (χ4n) is 3.88. The Morgan fingerprint density at radius 1 is 1.07 bits per heavy atom. The SMILES string of the molecule is Cc1cccc2c1N(C)C1=NC(Nc3ccc(S(C)(=O)=O)cc3)CC=C1N(C)C2=O. The number of benzene rings is 2. The number of aryl methyl sites for hydroxylation is 1. The van der Waals surface area contributed by atoms with Gasteiger partial charge in [-0.2, -0.15) is 0 Å². The van der Waals surface area contributed by atoms with E-state index in [2.05, 4.69) is 5.32 Å². The molecule has 4 rings (SSSR count). The molecule has 2 heterocycles. The van der Waals surface area contributed by atoms with Crippen LogP contribution in [0.2, 0.25) is 0 Å². The Morgan fingerprint density at radius 3 is 2.43 bits per heavy atom. The molecule has 2 aromatic rings. The van der Waals surface area contributed by atoms with Crippen molar-refractivity contribution >= 4 is 33.0 Å². The highest BCUT2D eigenvalue weighted by atomic mass is 32.2. The minimum atomic E-state index is -3.23. The van der Waals surface area contributed by atoms with Gasteiger partial charge in [-0.3, -0.25) is 4.79 Å². The number of aliphatic imine (C=N–C) groups is 1. The highest BCUT2D eigenvalue weighted by molar-refractivity contribution is 7.90. The number of hydrogen-bond donors (Lipinski definition) is 1. The van der Waals surface area contributed by atoms with Crippen LogP contribution in [0.5, 0.6) is 0 Å². The Balaban J connectivity index is 1.67. The predicted octanol–water partition coefficient (Wildman–Crippen LogP) is 3.04. The van der Waals surface area contributed by atoms with Gasteiger partial charge in [0, 0.05) is 32.5 Å². The fourth-order valence-corrected chi connectivity index (χ4v) is 4.51. The predicted molar refractivity (Wildman–Crippen MR) is 119 cm³/mol. The van der Waals surface area contributed by atoms with Gasteiger partial charge in [-0.15, -0.1) is 0 Å². The van der Waals surface area contributed by atoms with Gasteiger partial charge in [-0.1, -0.05) is 18.2 Å². The van der Waals surface area contributed by atoms with Gasteiger partial charge in [0.15, 0.2) is 15.7 Å². The smallest absolute Gasteiger partial charge is 0.260 e. The van der Waals surface area contributed by atoms with Gasteiger partial charge < -0.3 is 15.1 Å². The molecule has 0 bridgehead atoms. The minimum Gasteiger partial charge on any atom is -0.363 e. The number of anilines is 2. The third-order valence-corrected chi connectivity index (χ3v) is 6.57. The average molecular weight is 425 g/mol. The molecule has 1 unspecified atom stereocenters. The summed E-state index contributed by atoms with van der Waals surface area (Å²) in [4.78, 5) is 21.8.